The molecule has 1 heterocycles. The summed E-state index contributed by atoms with van der Waals surface area (Å²) in [5.41, 5.74) is 7.05. The molecule has 6 heteroatoms. The average molecular weight is 185 g/mol. The van der Waals surface area contributed by atoms with Crippen LogP contribution in [-0.2, 0) is 14.4 Å². The second-order valence-electron chi connectivity index (χ2n) is 3.46. The quantitative estimate of drug-likeness (QED) is 0.465. The van der Waals surface area contributed by atoms with Crippen LogP contribution in [0.1, 0.15) is 12.8 Å². The minimum Gasteiger partial charge on any atom is -0.341 e. The van der Waals surface area contributed by atoms with E-state index in [1.165, 1.54) is 0 Å². The molecule has 1 saturated carbocycles. The van der Waals surface area contributed by atoms with E-state index in [0.717, 1.165) is 0 Å². The smallest absolute Gasteiger partial charge is 0.268 e. The van der Waals surface area contributed by atoms with Gasteiger partial charge in [0.1, 0.15) is 12.6 Å². The fraction of sp³-hybridized carbons (Fsp3) is 0.714. The van der Waals surface area contributed by atoms with Crippen LogP contribution in [0.25, 0.3) is 0 Å². The summed E-state index contributed by atoms with van der Waals surface area (Å²) in [5.74, 6) is -0.587. The molecule has 1 saturated heterocycles. The van der Waals surface area contributed by atoms with Crippen molar-refractivity contribution in [3.8, 4) is 0 Å². The zero-order chi connectivity index (χ0) is 9.47. The van der Waals surface area contributed by atoms with E-state index in [9.17, 15) is 9.59 Å². The summed E-state index contributed by atoms with van der Waals surface area (Å²) in [5, 5.41) is 2.53. The summed E-state index contributed by atoms with van der Waals surface area (Å²) >= 11 is 0. The van der Waals surface area contributed by atoms with Gasteiger partial charge in [-0.25, -0.2) is 5.48 Å². The van der Waals surface area contributed by atoms with Crippen LogP contribution < -0.4 is 16.5 Å². The minimum absolute atomic E-state index is 0.167. The molecule has 13 heavy (non-hydrogen) atoms. The van der Waals surface area contributed by atoms with Gasteiger partial charge in [-0.15, -0.1) is 0 Å². The van der Waals surface area contributed by atoms with Gasteiger partial charge in [0.15, 0.2) is 0 Å². The molecule has 0 aromatic heterocycles. The Balaban J connectivity index is 1.90. The molecule has 0 unspecified atom stereocenters. The maximum atomic E-state index is 11.4. The van der Waals surface area contributed by atoms with E-state index < -0.39 is 11.6 Å². The first-order chi connectivity index (χ1) is 6.12. The third-order valence-corrected chi connectivity index (χ3v) is 2.29. The van der Waals surface area contributed by atoms with E-state index in [-0.39, 0.29) is 18.4 Å². The fourth-order valence-corrected chi connectivity index (χ4v) is 1.11. The van der Waals surface area contributed by atoms with Crippen LogP contribution in [0.4, 0.5) is 0 Å². The summed E-state index contributed by atoms with van der Waals surface area (Å²) in [4.78, 5) is 27.0. The average Bonchev–Trinajstić information content (AvgIpc) is 2.72. The molecule has 0 radical (unpaired) electrons. The van der Waals surface area contributed by atoms with Gasteiger partial charge in [0.25, 0.3) is 5.91 Å². The van der Waals surface area contributed by atoms with Gasteiger partial charge in [0, 0.05) is 0 Å². The Kier molecular flexibility index (Phi) is 1.74. The van der Waals surface area contributed by atoms with Crippen LogP contribution in [-0.4, -0.2) is 30.0 Å². The Morgan fingerprint density at radius 1 is 1.69 bits per heavy atom. The first kappa shape index (κ1) is 8.46. The van der Waals surface area contributed by atoms with Crippen molar-refractivity contribution in [2.24, 2.45) is 5.73 Å². The zero-order valence-electron chi connectivity index (χ0n) is 7.00. The standard InChI is InChI=1S/C7H11N3O3/c8-7(1-2-7)6(12)9-4-3-13-10-5(4)11/h4H,1-3,8H2,(H,9,12)(H,10,11)/t4-/m1/s1. The monoisotopic (exact) mass is 185 g/mol. The van der Waals surface area contributed by atoms with Gasteiger partial charge in [0.2, 0.25) is 5.91 Å². The Labute approximate surface area is 74.7 Å². The Morgan fingerprint density at radius 2 is 2.38 bits per heavy atom. The topological polar surface area (TPSA) is 93.5 Å². The van der Waals surface area contributed by atoms with E-state index in [1.54, 1.807) is 0 Å². The lowest BCUT2D eigenvalue weighted by molar-refractivity contribution is -0.129. The molecular formula is C7H11N3O3. The number of nitrogens with one attached hydrogen (secondary N) is 2. The Morgan fingerprint density at radius 3 is 2.85 bits per heavy atom. The number of carbonyl (C=O) groups excluding carboxylic acids is 2. The first-order valence-corrected chi connectivity index (χ1v) is 4.13. The van der Waals surface area contributed by atoms with Crippen molar-refractivity contribution < 1.29 is 14.4 Å². The van der Waals surface area contributed by atoms with Gasteiger partial charge < -0.3 is 11.1 Å². The van der Waals surface area contributed by atoms with Gasteiger partial charge >= 0.3 is 0 Å². The summed E-state index contributed by atoms with van der Waals surface area (Å²) in [7, 11) is 0. The number of hydrogen-bond donors (Lipinski definition) is 3. The third kappa shape index (κ3) is 1.50. The van der Waals surface area contributed by atoms with Gasteiger partial charge in [-0.3, -0.25) is 14.4 Å². The number of nitrogens with two attached hydrogens (primary N) is 1. The van der Waals surface area contributed by atoms with Crippen molar-refractivity contribution in [3.63, 3.8) is 0 Å². The van der Waals surface area contributed by atoms with E-state index in [1.807, 2.05) is 0 Å². The predicted molar refractivity (Wildman–Crippen MR) is 42.2 cm³/mol. The van der Waals surface area contributed by atoms with E-state index >= 15 is 0 Å². The first-order valence-electron chi connectivity index (χ1n) is 4.13. The highest BCUT2D eigenvalue weighted by Crippen LogP contribution is 2.32. The molecule has 0 spiro atoms. The van der Waals surface area contributed by atoms with Gasteiger partial charge in [-0.2, -0.15) is 0 Å². The molecule has 2 rings (SSSR count). The lowest BCUT2D eigenvalue weighted by atomic mass is 10.2. The molecule has 2 amide bonds. The molecule has 6 nitrogen and oxygen atoms in total. The molecule has 2 aliphatic rings. The van der Waals surface area contributed by atoms with Gasteiger partial charge in [-0.05, 0) is 12.8 Å². The number of hydrogen-bond acceptors (Lipinski definition) is 4. The molecule has 4 N–H and O–H groups in total. The van der Waals surface area contributed by atoms with Crippen molar-refractivity contribution >= 4 is 11.8 Å². The highest BCUT2D eigenvalue weighted by molar-refractivity contribution is 5.94. The molecular weight excluding hydrogens is 174 g/mol. The molecule has 0 aromatic rings. The summed E-state index contributed by atoms with van der Waals surface area (Å²) < 4.78 is 0. The third-order valence-electron chi connectivity index (χ3n) is 2.29. The minimum atomic E-state index is -0.733. The molecule has 1 aliphatic heterocycles. The normalized spacial score (nSPS) is 29.6. The highest BCUT2D eigenvalue weighted by Gasteiger charge is 2.47. The van der Waals surface area contributed by atoms with Crippen LogP contribution in [0.2, 0.25) is 0 Å². The fourth-order valence-electron chi connectivity index (χ4n) is 1.11. The molecule has 1 atom stereocenters. The molecule has 0 aromatic carbocycles. The van der Waals surface area contributed by atoms with Crippen molar-refractivity contribution in [1.29, 1.82) is 0 Å². The maximum Gasteiger partial charge on any atom is 0.268 e. The number of rotatable bonds is 2. The van der Waals surface area contributed by atoms with E-state index in [0.29, 0.717) is 12.8 Å². The molecule has 0 bridgehead atoms. The summed E-state index contributed by atoms with van der Waals surface area (Å²) in [6.07, 6.45) is 1.38. The Hall–Kier alpha value is -1.14. The zero-order valence-corrected chi connectivity index (χ0v) is 7.00. The van der Waals surface area contributed by atoms with Gasteiger partial charge in [0.05, 0.1) is 5.54 Å². The summed E-state index contributed by atoms with van der Waals surface area (Å²) in [6.45, 7) is 0.167. The second-order valence-corrected chi connectivity index (χ2v) is 3.46. The number of carbonyl (C=O) groups is 2. The SMILES string of the molecule is NC1(C(=O)N[C@@H]2CONC2=O)CC1. The predicted octanol–water partition coefficient (Wildman–Crippen LogP) is -1.98. The second kappa shape index (κ2) is 2.68. The van der Waals surface area contributed by atoms with Crippen molar-refractivity contribution in [2.75, 3.05) is 6.61 Å². The van der Waals surface area contributed by atoms with Crippen molar-refractivity contribution in [1.82, 2.24) is 10.8 Å². The summed E-state index contributed by atoms with van der Waals surface area (Å²) in [6, 6.07) is -0.589. The largest absolute Gasteiger partial charge is 0.341 e. The highest BCUT2D eigenvalue weighted by atomic mass is 16.7. The number of amides is 2. The van der Waals surface area contributed by atoms with Crippen LogP contribution in [0, 0.1) is 0 Å². The lowest BCUT2D eigenvalue weighted by Gasteiger charge is -2.12. The van der Waals surface area contributed by atoms with E-state index in [4.69, 9.17) is 5.73 Å². The van der Waals surface area contributed by atoms with Crippen molar-refractivity contribution in [3.05, 3.63) is 0 Å². The van der Waals surface area contributed by atoms with E-state index in [2.05, 4.69) is 15.6 Å². The Bertz CT molecular complexity index is 262. The maximum absolute atomic E-state index is 11.4. The van der Waals surface area contributed by atoms with Crippen LogP contribution in [0.3, 0.4) is 0 Å². The molecule has 2 fully saturated rings. The van der Waals surface area contributed by atoms with Crippen LogP contribution in [0.5, 0.6) is 0 Å². The molecule has 1 aliphatic carbocycles. The number of hydroxylamine groups is 1. The van der Waals surface area contributed by atoms with Crippen LogP contribution >= 0.6 is 0 Å². The van der Waals surface area contributed by atoms with Crippen molar-refractivity contribution in [2.45, 2.75) is 24.4 Å². The lowest BCUT2D eigenvalue weighted by Crippen LogP contribution is -2.50. The van der Waals surface area contributed by atoms with Crippen LogP contribution in [0.15, 0.2) is 0 Å². The van der Waals surface area contributed by atoms with Gasteiger partial charge in [-0.1, -0.05) is 0 Å². The molecule has 72 valence electrons.